The Morgan fingerprint density at radius 2 is 1.72 bits per heavy atom. The highest BCUT2D eigenvalue weighted by atomic mass is 16.3. The summed E-state index contributed by atoms with van der Waals surface area (Å²) in [4.78, 5) is 0. The zero-order chi connectivity index (χ0) is 13.1. The molecule has 2 atom stereocenters. The van der Waals surface area contributed by atoms with Gasteiger partial charge < -0.3 is 10.8 Å². The monoisotopic (exact) mass is 243 g/mol. The Labute approximate surface area is 108 Å². The molecule has 0 saturated heterocycles. The lowest BCUT2D eigenvalue weighted by Gasteiger charge is -2.26. The topological polar surface area (TPSA) is 46.2 Å². The molecule has 2 heteroatoms. The zero-order valence-electron chi connectivity index (χ0n) is 11.0. The van der Waals surface area contributed by atoms with E-state index in [1.54, 1.807) is 0 Å². The predicted molar refractivity (Wildman–Crippen MR) is 76.6 cm³/mol. The van der Waals surface area contributed by atoms with Gasteiger partial charge in [0, 0.05) is 12.5 Å². The fraction of sp³-hybridized carbons (Fsp3) is 0.375. The lowest BCUT2D eigenvalue weighted by Crippen LogP contribution is -2.30. The van der Waals surface area contributed by atoms with E-state index < -0.39 is 6.10 Å². The smallest absolute Gasteiger partial charge is 0.0643 e. The van der Waals surface area contributed by atoms with Gasteiger partial charge in [-0.3, -0.25) is 0 Å². The summed E-state index contributed by atoms with van der Waals surface area (Å²) in [5.74, 6) is 0.202. The Balaban J connectivity index is 2.51. The van der Waals surface area contributed by atoms with Crippen LogP contribution in [0, 0.1) is 5.92 Å². The fourth-order valence-corrected chi connectivity index (χ4v) is 2.49. The van der Waals surface area contributed by atoms with E-state index in [9.17, 15) is 5.11 Å². The largest absolute Gasteiger partial charge is 0.392 e. The van der Waals surface area contributed by atoms with Gasteiger partial charge in [-0.25, -0.2) is 0 Å². The van der Waals surface area contributed by atoms with Crippen LogP contribution < -0.4 is 5.73 Å². The van der Waals surface area contributed by atoms with Crippen molar-refractivity contribution in [2.24, 2.45) is 11.7 Å². The van der Waals surface area contributed by atoms with Gasteiger partial charge in [0.1, 0.15) is 0 Å². The first-order chi connectivity index (χ1) is 8.65. The first-order valence-corrected chi connectivity index (χ1v) is 6.51. The van der Waals surface area contributed by atoms with E-state index >= 15 is 0 Å². The SMILES string of the molecule is CC(C)[C@H](O)[C@@H](CN)c1cccc2ccccc12. The lowest BCUT2D eigenvalue weighted by molar-refractivity contribution is 0.0990. The van der Waals surface area contributed by atoms with Crippen LogP contribution in [-0.4, -0.2) is 17.8 Å². The summed E-state index contributed by atoms with van der Waals surface area (Å²) in [6.07, 6.45) is -0.402. The highest BCUT2D eigenvalue weighted by molar-refractivity contribution is 5.86. The summed E-state index contributed by atoms with van der Waals surface area (Å²) in [7, 11) is 0. The van der Waals surface area contributed by atoms with E-state index in [0.29, 0.717) is 6.54 Å². The third-order valence-corrected chi connectivity index (χ3v) is 3.57. The summed E-state index contributed by atoms with van der Waals surface area (Å²) in [5.41, 5.74) is 7.02. The van der Waals surface area contributed by atoms with Gasteiger partial charge in [0.25, 0.3) is 0 Å². The van der Waals surface area contributed by atoms with Gasteiger partial charge in [-0.1, -0.05) is 56.3 Å². The van der Waals surface area contributed by atoms with Crippen molar-refractivity contribution in [2.45, 2.75) is 25.9 Å². The average Bonchev–Trinajstić information content (AvgIpc) is 2.39. The molecule has 0 aliphatic rings. The number of aliphatic hydroxyl groups is 1. The van der Waals surface area contributed by atoms with Crippen LogP contribution in [0.5, 0.6) is 0 Å². The van der Waals surface area contributed by atoms with Crippen LogP contribution in [0.4, 0.5) is 0 Å². The van der Waals surface area contributed by atoms with Crippen molar-refractivity contribution in [3.63, 3.8) is 0 Å². The molecule has 18 heavy (non-hydrogen) atoms. The van der Waals surface area contributed by atoms with Crippen molar-refractivity contribution in [3.8, 4) is 0 Å². The van der Waals surface area contributed by atoms with Crippen LogP contribution in [0.3, 0.4) is 0 Å². The van der Waals surface area contributed by atoms with Crippen LogP contribution >= 0.6 is 0 Å². The normalized spacial score (nSPS) is 14.9. The molecule has 0 unspecified atom stereocenters. The second kappa shape index (κ2) is 5.51. The molecule has 2 rings (SSSR count). The number of aliphatic hydroxyl groups excluding tert-OH is 1. The van der Waals surface area contributed by atoms with Crippen molar-refractivity contribution in [1.82, 2.24) is 0 Å². The van der Waals surface area contributed by atoms with Crippen molar-refractivity contribution in [2.75, 3.05) is 6.54 Å². The van der Waals surface area contributed by atoms with E-state index in [0.717, 1.165) is 5.56 Å². The lowest BCUT2D eigenvalue weighted by atomic mass is 9.85. The Kier molecular flexibility index (Phi) is 4.00. The van der Waals surface area contributed by atoms with Crippen molar-refractivity contribution in [3.05, 3.63) is 48.0 Å². The van der Waals surface area contributed by atoms with Crippen molar-refractivity contribution in [1.29, 1.82) is 0 Å². The molecule has 0 amide bonds. The Morgan fingerprint density at radius 1 is 1.06 bits per heavy atom. The molecule has 0 saturated carbocycles. The zero-order valence-corrected chi connectivity index (χ0v) is 11.0. The molecule has 0 radical (unpaired) electrons. The Morgan fingerprint density at radius 3 is 2.39 bits per heavy atom. The minimum Gasteiger partial charge on any atom is -0.392 e. The predicted octanol–water partition coefficient (Wildman–Crippen LogP) is 2.90. The van der Waals surface area contributed by atoms with Gasteiger partial charge >= 0.3 is 0 Å². The highest BCUT2D eigenvalue weighted by Gasteiger charge is 2.23. The van der Waals surface area contributed by atoms with E-state index in [4.69, 9.17) is 5.73 Å². The number of benzene rings is 2. The average molecular weight is 243 g/mol. The standard InChI is InChI=1S/C16H21NO/c1-11(2)16(18)15(10-17)14-9-5-7-12-6-3-4-8-13(12)14/h3-9,11,15-16,18H,10,17H2,1-2H3/t15-,16-/m0/s1. The molecular formula is C16H21NO. The third kappa shape index (κ3) is 2.40. The molecule has 0 bridgehead atoms. The summed E-state index contributed by atoms with van der Waals surface area (Å²) in [6, 6.07) is 14.4. The summed E-state index contributed by atoms with van der Waals surface area (Å²) < 4.78 is 0. The molecule has 2 aromatic carbocycles. The summed E-state index contributed by atoms with van der Waals surface area (Å²) >= 11 is 0. The van der Waals surface area contributed by atoms with Crippen LogP contribution in [-0.2, 0) is 0 Å². The van der Waals surface area contributed by atoms with Gasteiger partial charge in [0.05, 0.1) is 6.10 Å². The maximum absolute atomic E-state index is 10.3. The first-order valence-electron chi connectivity index (χ1n) is 6.51. The summed E-state index contributed by atoms with van der Waals surface area (Å²) in [5, 5.41) is 12.7. The highest BCUT2D eigenvalue weighted by Crippen LogP contribution is 2.29. The molecule has 0 aliphatic heterocycles. The van der Waals surface area contributed by atoms with Crippen LogP contribution in [0.2, 0.25) is 0 Å². The number of rotatable bonds is 4. The fourth-order valence-electron chi connectivity index (χ4n) is 2.49. The van der Waals surface area contributed by atoms with Crippen LogP contribution in [0.15, 0.2) is 42.5 Å². The number of hydrogen-bond donors (Lipinski definition) is 2. The van der Waals surface area contributed by atoms with Gasteiger partial charge in [0.15, 0.2) is 0 Å². The maximum Gasteiger partial charge on any atom is 0.0643 e. The van der Waals surface area contributed by atoms with E-state index in [1.807, 2.05) is 32.0 Å². The van der Waals surface area contributed by atoms with Gasteiger partial charge in [-0.05, 0) is 22.3 Å². The molecule has 0 aliphatic carbocycles. The molecule has 0 aromatic heterocycles. The molecule has 2 nitrogen and oxygen atoms in total. The minimum absolute atomic E-state index is 0.00361. The quantitative estimate of drug-likeness (QED) is 0.867. The summed E-state index contributed by atoms with van der Waals surface area (Å²) in [6.45, 7) is 4.52. The second-order valence-electron chi connectivity index (χ2n) is 5.15. The van der Waals surface area contributed by atoms with Crippen LogP contribution in [0.1, 0.15) is 25.3 Å². The van der Waals surface area contributed by atoms with E-state index in [2.05, 4.69) is 24.3 Å². The Bertz CT molecular complexity index is 516. The number of hydrogen-bond acceptors (Lipinski definition) is 2. The molecule has 0 heterocycles. The van der Waals surface area contributed by atoms with Crippen molar-refractivity contribution >= 4 is 10.8 Å². The third-order valence-electron chi connectivity index (χ3n) is 3.57. The molecule has 0 fully saturated rings. The second-order valence-corrected chi connectivity index (χ2v) is 5.15. The van der Waals surface area contributed by atoms with Crippen molar-refractivity contribution < 1.29 is 5.11 Å². The first kappa shape index (κ1) is 13.1. The molecule has 2 aromatic rings. The van der Waals surface area contributed by atoms with Gasteiger partial charge in [-0.15, -0.1) is 0 Å². The van der Waals surface area contributed by atoms with Crippen LogP contribution in [0.25, 0.3) is 10.8 Å². The molecule has 0 spiro atoms. The Hall–Kier alpha value is -1.38. The minimum atomic E-state index is -0.402. The van der Waals surface area contributed by atoms with E-state index in [1.165, 1.54) is 10.8 Å². The molecular weight excluding hydrogens is 222 g/mol. The van der Waals surface area contributed by atoms with E-state index in [-0.39, 0.29) is 11.8 Å². The number of nitrogens with two attached hydrogens (primary N) is 1. The molecule has 3 N–H and O–H groups in total. The van der Waals surface area contributed by atoms with Gasteiger partial charge in [-0.2, -0.15) is 0 Å². The molecule has 96 valence electrons. The maximum atomic E-state index is 10.3. The number of fused-ring (bicyclic) bond motifs is 1. The van der Waals surface area contributed by atoms with Gasteiger partial charge in [0.2, 0.25) is 0 Å².